The molecule has 1 aromatic carbocycles. The average molecular weight is 292 g/mol. The summed E-state index contributed by atoms with van der Waals surface area (Å²) in [7, 11) is 0. The van der Waals surface area contributed by atoms with Crippen LogP contribution in [-0.4, -0.2) is 39.2 Å². The maximum absolute atomic E-state index is 11.9. The molecule has 0 aliphatic carbocycles. The molecule has 114 valence electrons. The third kappa shape index (κ3) is 2.85. The van der Waals surface area contributed by atoms with Crippen LogP contribution in [0.2, 0.25) is 0 Å². The van der Waals surface area contributed by atoms with Crippen LogP contribution in [0.15, 0.2) is 33.5 Å². The highest BCUT2D eigenvalue weighted by molar-refractivity contribution is 5.77. The van der Waals surface area contributed by atoms with Crippen molar-refractivity contribution in [3.8, 4) is 0 Å². The molecular weight excluding hydrogens is 272 g/mol. The van der Waals surface area contributed by atoms with Crippen LogP contribution < -0.4 is 5.76 Å². The summed E-state index contributed by atoms with van der Waals surface area (Å²) in [6, 6.07) is 7.21. The molecule has 21 heavy (non-hydrogen) atoms. The van der Waals surface area contributed by atoms with Gasteiger partial charge in [0.05, 0.1) is 5.52 Å². The minimum atomic E-state index is -0.974. The zero-order valence-electron chi connectivity index (χ0n) is 12.5. The largest absolute Gasteiger partial charge is 0.480 e. The van der Waals surface area contributed by atoms with Crippen LogP contribution in [0, 0.1) is 0 Å². The Bertz CT molecular complexity index is 699. The van der Waals surface area contributed by atoms with E-state index in [1.807, 2.05) is 30.0 Å². The number of carbonyl (C=O) groups is 1. The molecule has 0 saturated heterocycles. The highest BCUT2D eigenvalue weighted by Gasteiger charge is 2.33. The molecule has 1 heterocycles. The molecule has 0 amide bonds. The van der Waals surface area contributed by atoms with Gasteiger partial charge in [0.2, 0.25) is 0 Å². The minimum Gasteiger partial charge on any atom is -0.480 e. The summed E-state index contributed by atoms with van der Waals surface area (Å²) in [6.07, 6.45) is 0. The van der Waals surface area contributed by atoms with Gasteiger partial charge < -0.3 is 9.52 Å². The van der Waals surface area contributed by atoms with Gasteiger partial charge >= 0.3 is 11.7 Å². The molecule has 0 atom stereocenters. The summed E-state index contributed by atoms with van der Waals surface area (Å²) < 4.78 is 6.71. The SMILES string of the molecule is CCN(CCn1c(=O)oc2ccccc21)C(C)(C)C(=O)O. The van der Waals surface area contributed by atoms with E-state index in [4.69, 9.17) is 4.42 Å². The smallest absolute Gasteiger partial charge is 0.419 e. The fourth-order valence-electron chi connectivity index (χ4n) is 2.41. The summed E-state index contributed by atoms with van der Waals surface area (Å²) in [4.78, 5) is 25.0. The highest BCUT2D eigenvalue weighted by atomic mass is 16.4. The van der Waals surface area contributed by atoms with Gasteiger partial charge in [-0.25, -0.2) is 4.79 Å². The summed E-state index contributed by atoms with van der Waals surface area (Å²) in [6.45, 7) is 6.66. The van der Waals surface area contributed by atoms with Gasteiger partial charge in [0.25, 0.3) is 0 Å². The van der Waals surface area contributed by atoms with E-state index in [0.29, 0.717) is 25.2 Å². The molecule has 0 aliphatic heterocycles. The lowest BCUT2D eigenvalue weighted by Crippen LogP contribution is -2.51. The standard InChI is InChI=1S/C15H20N2O4/c1-4-16(15(2,3)13(18)19)9-10-17-11-7-5-6-8-12(11)21-14(17)20/h5-8H,4,9-10H2,1-3H3,(H,18,19). The first-order valence-corrected chi connectivity index (χ1v) is 6.94. The Morgan fingerprint density at radius 2 is 2.05 bits per heavy atom. The van der Waals surface area contributed by atoms with Gasteiger partial charge in [-0.15, -0.1) is 0 Å². The molecule has 2 aromatic rings. The third-order valence-corrected chi connectivity index (χ3v) is 3.86. The van der Waals surface area contributed by atoms with Crippen LogP contribution in [0.5, 0.6) is 0 Å². The predicted octanol–water partition coefficient (Wildman–Crippen LogP) is 1.78. The molecule has 0 aliphatic rings. The molecule has 1 N–H and O–H groups in total. The van der Waals surface area contributed by atoms with Gasteiger partial charge in [0.1, 0.15) is 5.54 Å². The minimum absolute atomic E-state index is 0.389. The van der Waals surface area contributed by atoms with E-state index in [2.05, 4.69) is 0 Å². The summed E-state index contributed by atoms with van der Waals surface area (Å²) >= 11 is 0. The van der Waals surface area contributed by atoms with Gasteiger partial charge in [-0.05, 0) is 32.5 Å². The van der Waals surface area contributed by atoms with Crippen molar-refractivity contribution in [2.75, 3.05) is 13.1 Å². The van der Waals surface area contributed by atoms with Crippen molar-refractivity contribution >= 4 is 17.1 Å². The predicted molar refractivity (Wildman–Crippen MR) is 79.4 cm³/mol. The maximum atomic E-state index is 11.9. The van der Waals surface area contributed by atoms with Crippen molar-refractivity contribution in [3.05, 3.63) is 34.8 Å². The molecule has 6 nitrogen and oxygen atoms in total. The number of oxazole rings is 1. The van der Waals surface area contributed by atoms with Gasteiger partial charge in [-0.1, -0.05) is 19.1 Å². The average Bonchev–Trinajstić information content (AvgIpc) is 2.75. The van der Waals surface area contributed by atoms with Gasteiger partial charge in [-0.2, -0.15) is 0 Å². The first-order chi connectivity index (χ1) is 9.87. The zero-order valence-corrected chi connectivity index (χ0v) is 12.5. The van der Waals surface area contributed by atoms with Gasteiger partial charge in [0, 0.05) is 13.1 Å². The van der Waals surface area contributed by atoms with Crippen LogP contribution in [0.3, 0.4) is 0 Å². The fraction of sp³-hybridized carbons (Fsp3) is 0.467. The number of carboxylic acids is 1. The van der Waals surface area contributed by atoms with Crippen LogP contribution in [0.25, 0.3) is 11.1 Å². The molecular formula is C15H20N2O4. The zero-order chi connectivity index (χ0) is 15.6. The molecule has 1 aromatic heterocycles. The number of hydrogen-bond donors (Lipinski definition) is 1. The van der Waals surface area contributed by atoms with Gasteiger partial charge in [-0.3, -0.25) is 14.3 Å². The van der Waals surface area contributed by atoms with Crippen LogP contribution >= 0.6 is 0 Å². The summed E-state index contributed by atoms with van der Waals surface area (Å²) in [5.74, 6) is -1.30. The second kappa shape index (κ2) is 5.73. The van der Waals surface area contributed by atoms with Crippen LogP contribution in [0.4, 0.5) is 0 Å². The number of aromatic nitrogens is 1. The first kappa shape index (κ1) is 15.3. The number of likely N-dealkylation sites (N-methyl/N-ethyl adjacent to an activating group) is 1. The van der Waals surface area contributed by atoms with E-state index in [9.17, 15) is 14.7 Å². The Kier molecular flexibility index (Phi) is 4.18. The van der Waals surface area contributed by atoms with Crippen LogP contribution in [-0.2, 0) is 11.3 Å². The van der Waals surface area contributed by atoms with E-state index in [1.165, 1.54) is 4.57 Å². The van der Waals surface area contributed by atoms with E-state index in [0.717, 1.165) is 5.52 Å². The van der Waals surface area contributed by atoms with E-state index in [1.54, 1.807) is 19.9 Å². The fourth-order valence-corrected chi connectivity index (χ4v) is 2.41. The molecule has 0 saturated carbocycles. The van der Waals surface area contributed by atoms with Crippen molar-refractivity contribution < 1.29 is 14.3 Å². The Labute approximate surface area is 122 Å². The molecule has 0 unspecified atom stereocenters. The second-order valence-electron chi connectivity index (χ2n) is 5.43. The van der Waals surface area contributed by atoms with Crippen molar-refractivity contribution in [3.63, 3.8) is 0 Å². The van der Waals surface area contributed by atoms with E-state index < -0.39 is 17.3 Å². The molecule has 2 rings (SSSR count). The quantitative estimate of drug-likeness (QED) is 0.878. The number of hydrogen-bond acceptors (Lipinski definition) is 4. The molecule has 6 heteroatoms. The van der Waals surface area contributed by atoms with Crippen molar-refractivity contribution in [1.82, 2.24) is 9.47 Å². The monoisotopic (exact) mass is 292 g/mol. The Morgan fingerprint density at radius 1 is 1.38 bits per heavy atom. The lowest BCUT2D eigenvalue weighted by molar-refractivity contribution is -0.149. The van der Waals surface area contributed by atoms with Gasteiger partial charge in [0.15, 0.2) is 5.58 Å². The number of carboxylic acid groups (broad SMARTS) is 1. The Hall–Kier alpha value is -2.08. The van der Waals surface area contributed by atoms with Crippen LogP contribution in [0.1, 0.15) is 20.8 Å². The molecule has 0 fully saturated rings. The van der Waals surface area contributed by atoms with E-state index in [-0.39, 0.29) is 0 Å². The third-order valence-electron chi connectivity index (χ3n) is 3.86. The number of benzene rings is 1. The molecule has 0 radical (unpaired) electrons. The lowest BCUT2D eigenvalue weighted by atomic mass is 10.0. The topological polar surface area (TPSA) is 75.7 Å². The maximum Gasteiger partial charge on any atom is 0.419 e. The number of rotatable bonds is 6. The Morgan fingerprint density at radius 3 is 2.67 bits per heavy atom. The van der Waals surface area contributed by atoms with Crippen molar-refractivity contribution in [2.45, 2.75) is 32.9 Å². The lowest BCUT2D eigenvalue weighted by Gasteiger charge is -2.34. The number of aliphatic carboxylic acids is 1. The first-order valence-electron chi connectivity index (χ1n) is 6.94. The number of nitrogens with zero attached hydrogens (tertiary/aromatic N) is 2. The summed E-state index contributed by atoms with van der Waals surface area (Å²) in [5, 5.41) is 9.30. The van der Waals surface area contributed by atoms with Crippen molar-refractivity contribution in [1.29, 1.82) is 0 Å². The number of para-hydroxylation sites is 2. The highest BCUT2D eigenvalue weighted by Crippen LogP contribution is 2.16. The Balaban J connectivity index is 2.23. The summed E-state index contributed by atoms with van der Waals surface area (Å²) in [5.41, 5.74) is 0.299. The van der Waals surface area contributed by atoms with E-state index >= 15 is 0 Å². The molecule has 0 spiro atoms. The van der Waals surface area contributed by atoms with Crippen molar-refractivity contribution in [2.24, 2.45) is 0 Å². The molecule has 0 bridgehead atoms. The second-order valence-corrected chi connectivity index (χ2v) is 5.43. The normalized spacial score (nSPS) is 12.2. The number of fused-ring (bicyclic) bond motifs is 1.